The molecule has 0 spiro atoms. The third-order valence-corrected chi connectivity index (χ3v) is 6.86. The molecule has 2 aromatic carbocycles. The van der Waals surface area contributed by atoms with Gasteiger partial charge in [-0.2, -0.15) is 0 Å². The SMILES string of the molecule is C=CC(=O)OCCCCCCCCCCCOc1ccc(C(=O)Oc2ccc(OCCCCCCCC)cc2)cc1. The van der Waals surface area contributed by atoms with Crippen LogP contribution in [0.3, 0.4) is 0 Å². The average Bonchev–Trinajstić information content (AvgIpc) is 3.00. The van der Waals surface area contributed by atoms with E-state index >= 15 is 0 Å². The number of carbonyl (C=O) groups is 2. The van der Waals surface area contributed by atoms with E-state index in [9.17, 15) is 9.59 Å². The first-order valence-electron chi connectivity index (χ1n) is 15.6. The maximum atomic E-state index is 12.5. The quantitative estimate of drug-likeness (QED) is 0.0546. The van der Waals surface area contributed by atoms with Crippen LogP contribution < -0.4 is 14.2 Å². The van der Waals surface area contributed by atoms with Gasteiger partial charge in [0.25, 0.3) is 0 Å². The highest BCUT2D eigenvalue weighted by Gasteiger charge is 2.09. The van der Waals surface area contributed by atoms with Crippen molar-refractivity contribution >= 4 is 11.9 Å². The molecule has 6 nitrogen and oxygen atoms in total. The van der Waals surface area contributed by atoms with Crippen LogP contribution in [-0.4, -0.2) is 31.8 Å². The van der Waals surface area contributed by atoms with E-state index in [-0.39, 0.29) is 5.97 Å². The van der Waals surface area contributed by atoms with Crippen molar-refractivity contribution < 1.29 is 28.5 Å². The minimum atomic E-state index is -0.395. The molecule has 0 N–H and O–H groups in total. The molecule has 0 radical (unpaired) electrons. The lowest BCUT2D eigenvalue weighted by Gasteiger charge is -2.09. The first kappa shape index (κ1) is 33.9. The van der Waals surface area contributed by atoms with Crippen molar-refractivity contribution in [2.24, 2.45) is 0 Å². The fourth-order valence-electron chi connectivity index (χ4n) is 4.39. The number of rotatable bonds is 24. The molecule has 0 saturated heterocycles. The Labute approximate surface area is 247 Å². The summed E-state index contributed by atoms with van der Waals surface area (Å²) in [5.41, 5.74) is 0.485. The number of carbonyl (C=O) groups excluding carboxylic acids is 2. The van der Waals surface area contributed by atoms with Gasteiger partial charge in [0.05, 0.1) is 25.4 Å². The second-order valence-electron chi connectivity index (χ2n) is 10.4. The van der Waals surface area contributed by atoms with Crippen molar-refractivity contribution in [3.8, 4) is 17.2 Å². The van der Waals surface area contributed by atoms with Crippen LogP contribution in [0.1, 0.15) is 114 Å². The molecule has 0 aliphatic heterocycles. The normalized spacial score (nSPS) is 10.7. The van der Waals surface area contributed by atoms with Crippen LogP contribution in [0.4, 0.5) is 0 Å². The van der Waals surface area contributed by atoms with Crippen molar-refractivity contribution in [3.05, 3.63) is 66.7 Å². The number of hydrogen-bond donors (Lipinski definition) is 0. The summed E-state index contributed by atoms with van der Waals surface area (Å²) in [6, 6.07) is 14.3. The maximum absolute atomic E-state index is 12.5. The minimum absolute atomic E-state index is 0.340. The van der Waals surface area contributed by atoms with E-state index in [1.807, 2.05) is 24.3 Å². The summed E-state index contributed by atoms with van der Waals surface area (Å²) in [5.74, 6) is 1.31. The van der Waals surface area contributed by atoms with Gasteiger partial charge in [-0.05, 0) is 67.8 Å². The Hall–Kier alpha value is -3.28. The number of ether oxygens (including phenoxy) is 4. The van der Waals surface area contributed by atoms with Gasteiger partial charge in [-0.1, -0.05) is 90.6 Å². The predicted octanol–water partition coefficient (Wildman–Crippen LogP) is 9.26. The molecule has 0 aliphatic carbocycles. The summed E-state index contributed by atoms with van der Waals surface area (Å²) >= 11 is 0. The standard InChI is InChI=1S/C35H50O6/c1-3-5-6-7-13-16-28-39-32-23-25-33(26-24-32)41-35(37)30-19-21-31(22-20-30)38-27-17-14-11-9-8-10-12-15-18-29-40-34(36)4-2/h4,19-26H,2-3,5-18,27-29H2,1H3. The van der Waals surface area contributed by atoms with Gasteiger partial charge in [0.1, 0.15) is 17.2 Å². The number of hydrogen-bond acceptors (Lipinski definition) is 6. The molecule has 0 bridgehead atoms. The third kappa shape index (κ3) is 16.5. The molecule has 0 amide bonds. The Morgan fingerprint density at radius 1 is 0.585 bits per heavy atom. The van der Waals surface area contributed by atoms with E-state index in [1.54, 1.807) is 24.3 Å². The number of benzene rings is 2. The molecule has 41 heavy (non-hydrogen) atoms. The highest BCUT2D eigenvalue weighted by Crippen LogP contribution is 2.20. The number of unbranched alkanes of at least 4 members (excludes halogenated alkanes) is 13. The van der Waals surface area contributed by atoms with Crippen LogP contribution in [0.15, 0.2) is 61.2 Å². The Morgan fingerprint density at radius 3 is 1.49 bits per heavy atom. The zero-order valence-corrected chi connectivity index (χ0v) is 25.1. The molecule has 0 heterocycles. The first-order chi connectivity index (χ1) is 20.1. The molecule has 226 valence electrons. The Balaban J connectivity index is 1.50. The molecule has 2 rings (SSSR count). The smallest absolute Gasteiger partial charge is 0.343 e. The van der Waals surface area contributed by atoms with E-state index in [2.05, 4.69) is 13.5 Å². The largest absolute Gasteiger partial charge is 0.494 e. The van der Waals surface area contributed by atoms with Gasteiger partial charge in [-0.25, -0.2) is 9.59 Å². The van der Waals surface area contributed by atoms with Gasteiger partial charge < -0.3 is 18.9 Å². The van der Waals surface area contributed by atoms with Gasteiger partial charge in [-0.15, -0.1) is 0 Å². The van der Waals surface area contributed by atoms with Gasteiger partial charge in [0.2, 0.25) is 0 Å². The lowest BCUT2D eigenvalue weighted by molar-refractivity contribution is -0.137. The summed E-state index contributed by atoms with van der Waals surface area (Å²) in [5, 5.41) is 0. The van der Waals surface area contributed by atoms with Crippen LogP contribution in [0.25, 0.3) is 0 Å². The average molecular weight is 567 g/mol. The fourth-order valence-corrected chi connectivity index (χ4v) is 4.39. The molecule has 2 aromatic rings. The molecule has 0 atom stereocenters. The third-order valence-electron chi connectivity index (χ3n) is 6.86. The zero-order valence-electron chi connectivity index (χ0n) is 25.1. The molecule has 0 unspecified atom stereocenters. The maximum Gasteiger partial charge on any atom is 0.343 e. The second-order valence-corrected chi connectivity index (χ2v) is 10.4. The van der Waals surface area contributed by atoms with Crippen LogP contribution in [-0.2, 0) is 9.53 Å². The topological polar surface area (TPSA) is 71.1 Å². The molecule has 0 aromatic heterocycles. The Morgan fingerprint density at radius 2 is 1.00 bits per heavy atom. The monoisotopic (exact) mass is 566 g/mol. The highest BCUT2D eigenvalue weighted by atomic mass is 16.5. The predicted molar refractivity (Wildman–Crippen MR) is 165 cm³/mol. The summed E-state index contributed by atoms with van der Waals surface area (Å²) in [6.45, 7) is 7.47. The molecule has 0 aliphatic rings. The summed E-state index contributed by atoms with van der Waals surface area (Å²) in [7, 11) is 0. The summed E-state index contributed by atoms with van der Waals surface area (Å²) in [6.07, 6.45) is 18.8. The van der Waals surface area contributed by atoms with Crippen molar-refractivity contribution in [3.63, 3.8) is 0 Å². The van der Waals surface area contributed by atoms with Crippen molar-refractivity contribution in [1.29, 1.82) is 0 Å². The molecular weight excluding hydrogens is 516 g/mol. The summed E-state index contributed by atoms with van der Waals surface area (Å²) < 4.78 is 22.1. The van der Waals surface area contributed by atoms with Gasteiger partial charge in [-0.3, -0.25) is 0 Å². The summed E-state index contributed by atoms with van der Waals surface area (Å²) in [4.78, 5) is 23.5. The van der Waals surface area contributed by atoms with Gasteiger partial charge in [0.15, 0.2) is 0 Å². The Kier molecular flexibility index (Phi) is 18.5. The van der Waals surface area contributed by atoms with Gasteiger partial charge >= 0.3 is 11.9 Å². The molecule has 0 fully saturated rings. The minimum Gasteiger partial charge on any atom is -0.494 e. The van der Waals surface area contributed by atoms with Crippen LogP contribution >= 0.6 is 0 Å². The van der Waals surface area contributed by atoms with Crippen LogP contribution in [0, 0.1) is 0 Å². The zero-order chi connectivity index (χ0) is 29.4. The van der Waals surface area contributed by atoms with E-state index in [4.69, 9.17) is 18.9 Å². The van der Waals surface area contributed by atoms with E-state index < -0.39 is 5.97 Å². The van der Waals surface area contributed by atoms with Crippen LogP contribution in [0.5, 0.6) is 17.2 Å². The second kappa shape index (κ2) is 22.4. The lowest BCUT2D eigenvalue weighted by Crippen LogP contribution is -2.08. The van der Waals surface area contributed by atoms with E-state index in [0.29, 0.717) is 31.1 Å². The fraction of sp³-hybridized carbons (Fsp3) is 0.543. The Bertz CT molecular complexity index is 967. The first-order valence-corrected chi connectivity index (χ1v) is 15.6. The molecule has 0 saturated carbocycles. The van der Waals surface area contributed by atoms with E-state index in [0.717, 1.165) is 43.6 Å². The van der Waals surface area contributed by atoms with Crippen molar-refractivity contribution in [1.82, 2.24) is 0 Å². The highest BCUT2D eigenvalue weighted by molar-refractivity contribution is 5.91. The van der Waals surface area contributed by atoms with Crippen LogP contribution in [0.2, 0.25) is 0 Å². The molecular formula is C35H50O6. The van der Waals surface area contributed by atoms with Crippen molar-refractivity contribution in [2.45, 2.75) is 103 Å². The van der Waals surface area contributed by atoms with E-state index in [1.165, 1.54) is 70.3 Å². The lowest BCUT2D eigenvalue weighted by atomic mass is 10.1. The van der Waals surface area contributed by atoms with Crippen molar-refractivity contribution in [2.75, 3.05) is 19.8 Å². The number of esters is 2. The van der Waals surface area contributed by atoms with Gasteiger partial charge in [0, 0.05) is 6.08 Å². The molecule has 6 heteroatoms.